The normalized spacial score (nSPS) is 11.3. The molecule has 0 unspecified atom stereocenters. The summed E-state index contributed by atoms with van der Waals surface area (Å²) in [6, 6.07) is 7.78. The van der Waals surface area contributed by atoms with Crippen LogP contribution < -0.4 is 4.74 Å². The molecule has 2 heteroatoms. The van der Waals surface area contributed by atoms with Crippen LogP contribution in [0.5, 0.6) is 5.75 Å². The van der Waals surface area contributed by atoms with E-state index in [4.69, 9.17) is 9.84 Å². The van der Waals surface area contributed by atoms with Gasteiger partial charge in [0.25, 0.3) is 0 Å². The van der Waals surface area contributed by atoms with E-state index in [1.807, 2.05) is 36.4 Å². The molecule has 0 heterocycles. The van der Waals surface area contributed by atoms with Gasteiger partial charge in [-0.3, -0.25) is 0 Å². The van der Waals surface area contributed by atoms with Gasteiger partial charge in [0.05, 0.1) is 13.7 Å². The first-order chi connectivity index (χ1) is 6.86. The van der Waals surface area contributed by atoms with E-state index in [1.54, 1.807) is 19.3 Å². The van der Waals surface area contributed by atoms with Gasteiger partial charge in [0.2, 0.25) is 0 Å². The second-order valence-corrected chi connectivity index (χ2v) is 2.75. The van der Waals surface area contributed by atoms with Crippen molar-refractivity contribution in [3.63, 3.8) is 0 Å². The number of hydrogen-bond donors (Lipinski definition) is 1. The minimum Gasteiger partial charge on any atom is -0.497 e. The number of ether oxygens (including phenoxy) is 1. The van der Waals surface area contributed by atoms with E-state index in [0.29, 0.717) is 0 Å². The highest BCUT2D eigenvalue weighted by Gasteiger charge is 1.89. The largest absolute Gasteiger partial charge is 0.497 e. The van der Waals surface area contributed by atoms with Gasteiger partial charge in [-0.15, -0.1) is 0 Å². The Kier molecular flexibility index (Phi) is 4.51. The van der Waals surface area contributed by atoms with Crippen LogP contribution in [0.2, 0.25) is 0 Å². The lowest BCUT2D eigenvalue weighted by atomic mass is 10.2. The molecule has 0 saturated carbocycles. The van der Waals surface area contributed by atoms with E-state index >= 15 is 0 Å². The Hall–Kier alpha value is -1.54. The van der Waals surface area contributed by atoms with Crippen molar-refractivity contribution in [3.05, 3.63) is 48.1 Å². The van der Waals surface area contributed by atoms with Crippen LogP contribution in [-0.4, -0.2) is 18.8 Å². The van der Waals surface area contributed by atoms with Gasteiger partial charge >= 0.3 is 0 Å². The summed E-state index contributed by atoms with van der Waals surface area (Å²) in [4.78, 5) is 0. The molecular weight excluding hydrogens is 176 g/mol. The minimum absolute atomic E-state index is 0.0719. The van der Waals surface area contributed by atoms with Gasteiger partial charge in [0.15, 0.2) is 0 Å². The molecule has 0 aliphatic heterocycles. The van der Waals surface area contributed by atoms with Gasteiger partial charge in [0, 0.05) is 0 Å². The van der Waals surface area contributed by atoms with E-state index in [1.165, 1.54) is 0 Å². The smallest absolute Gasteiger partial charge is 0.119 e. The monoisotopic (exact) mass is 190 g/mol. The molecule has 74 valence electrons. The van der Waals surface area contributed by atoms with E-state index in [-0.39, 0.29) is 6.61 Å². The van der Waals surface area contributed by atoms with Crippen LogP contribution in [0, 0.1) is 0 Å². The number of allylic oxidation sites excluding steroid dienone is 2. The Bertz CT molecular complexity index is 327. The zero-order chi connectivity index (χ0) is 10.2. The second kappa shape index (κ2) is 6.00. The average molecular weight is 190 g/mol. The Labute approximate surface area is 84.1 Å². The quantitative estimate of drug-likeness (QED) is 0.738. The van der Waals surface area contributed by atoms with E-state index < -0.39 is 0 Å². The molecule has 0 fully saturated rings. The van der Waals surface area contributed by atoms with Crippen molar-refractivity contribution in [2.24, 2.45) is 0 Å². The van der Waals surface area contributed by atoms with Gasteiger partial charge in [-0.2, -0.15) is 0 Å². The topological polar surface area (TPSA) is 29.5 Å². The molecule has 0 aliphatic rings. The van der Waals surface area contributed by atoms with E-state index in [2.05, 4.69) is 0 Å². The van der Waals surface area contributed by atoms with Crippen LogP contribution in [-0.2, 0) is 0 Å². The zero-order valence-corrected chi connectivity index (χ0v) is 8.18. The molecule has 0 aromatic heterocycles. The molecule has 0 spiro atoms. The number of hydrogen-bond acceptors (Lipinski definition) is 2. The van der Waals surface area contributed by atoms with Crippen LogP contribution in [0.1, 0.15) is 5.56 Å². The summed E-state index contributed by atoms with van der Waals surface area (Å²) < 4.78 is 5.09. The van der Waals surface area contributed by atoms with Crippen molar-refractivity contribution in [3.8, 4) is 5.75 Å². The zero-order valence-electron chi connectivity index (χ0n) is 8.18. The summed E-state index contributed by atoms with van der Waals surface area (Å²) in [6.45, 7) is 0.0719. The minimum atomic E-state index is 0.0719. The molecule has 0 amide bonds. The first-order valence-electron chi connectivity index (χ1n) is 4.45. The fourth-order valence-corrected chi connectivity index (χ4v) is 1.05. The van der Waals surface area contributed by atoms with Crippen LogP contribution in [0.15, 0.2) is 42.5 Å². The van der Waals surface area contributed by atoms with Gasteiger partial charge in [0.1, 0.15) is 5.75 Å². The molecule has 0 bridgehead atoms. The highest BCUT2D eigenvalue weighted by atomic mass is 16.5. The van der Waals surface area contributed by atoms with Crippen molar-refractivity contribution in [1.29, 1.82) is 0 Å². The maximum Gasteiger partial charge on any atom is 0.119 e. The second-order valence-electron chi connectivity index (χ2n) is 2.75. The molecule has 1 rings (SSSR count). The fraction of sp³-hybridized carbons (Fsp3) is 0.167. The predicted molar refractivity (Wildman–Crippen MR) is 58.3 cm³/mol. The Balaban J connectivity index is 2.66. The SMILES string of the molecule is COc1cccc(C=CC=CCO)c1. The maximum atomic E-state index is 8.50. The fourth-order valence-electron chi connectivity index (χ4n) is 1.05. The third kappa shape index (κ3) is 3.46. The molecule has 0 radical (unpaired) electrons. The van der Waals surface area contributed by atoms with E-state index in [0.717, 1.165) is 11.3 Å². The molecule has 1 aromatic rings. The summed E-state index contributed by atoms with van der Waals surface area (Å²) >= 11 is 0. The molecule has 0 saturated heterocycles. The molecular formula is C12H14O2. The summed E-state index contributed by atoms with van der Waals surface area (Å²) in [7, 11) is 1.65. The number of rotatable bonds is 4. The summed E-state index contributed by atoms with van der Waals surface area (Å²) in [6.07, 6.45) is 7.32. The molecule has 0 aliphatic carbocycles. The molecule has 1 N–H and O–H groups in total. The average Bonchev–Trinajstić information content (AvgIpc) is 2.25. The summed E-state index contributed by atoms with van der Waals surface area (Å²) in [5, 5.41) is 8.50. The molecule has 1 aromatic carbocycles. The van der Waals surface area contributed by atoms with Crippen LogP contribution >= 0.6 is 0 Å². The van der Waals surface area contributed by atoms with Crippen molar-refractivity contribution in [2.45, 2.75) is 0 Å². The number of benzene rings is 1. The first-order valence-corrected chi connectivity index (χ1v) is 4.45. The van der Waals surface area contributed by atoms with Gasteiger partial charge < -0.3 is 9.84 Å². The Morgan fingerprint density at radius 1 is 1.36 bits per heavy atom. The van der Waals surface area contributed by atoms with Gasteiger partial charge in [-0.1, -0.05) is 36.4 Å². The van der Waals surface area contributed by atoms with Crippen LogP contribution in [0.4, 0.5) is 0 Å². The first kappa shape index (κ1) is 10.5. The van der Waals surface area contributed by atoms with Crippen LogP contribution in [0.25, 0.3) is 6.08 Å². The van der Waals surface area contributed by atoms with Gasteiger partial charge in [-0.25, -0.2) is 0 Å². The number of methoxy groups -OCH3 is 1. The lowest BCUT2D eigenvalue weighted by molar-refractivity contribution is 0.343. The number of aliphatic hydroxyl groups is 1. The Morgan fingerprint density at radius 3 is 2.93 bits per heavy atom. The molecule has 14 heavy (non-hydrogen) atoms. The summed E-state index contributed by atoms with van der Waals surface area (Å²) in [5.41, 5.74) is 1.08. The standard InChI is InChI=1S/C12H14O2/c1-14-12-8-5-7-11(10-12)6-3-2-4-9-13/h2-8,10,13H,9H2,1H3. The van der Waals surface area contributed by atoms with E-state index in [9.17, 15) is 0 Å². The van der Waals surface area contributed by atoms with Crippen molar-refractivity contribution >= 4 is 6.08 Å². The summed E-state index contributed by atoms with van der Waals surface area (Å²) in [5.74, 6) is 0.846. The van der Waals surface area contributed by atoms with Crippen molar-refractivity contribution < 1.29 is 9.84 Å². The maximum absolute atomic E-state index is 8.50. The van der Waals surface area contributed by atoms with Crippen LogP contribution in [0.3, 0.4) is 0 Å². The highest BCUT2D eigenvalue weighted by molar-refractivity contribution is 5.53. The van der Waals surface area contributed by atoms with Crippen molar-refractivity contribution in [2.75, 3.05) is 13.7 Å². The lowest BCUT2D eigenvalue weighted by Gasteiger charge is -1.99. The third-order valence-corrected chi connectivity index (χ3v) is 1.74. The third-order valence-electron chi connectivity index (χ3n) is 1.74. The van der Waals surface area contributed by atoms with Gasteiger partial charge in [-0.05, 0) is 17.7 Å². The highest BCUT2D eigenvalue weighted by Crippen LogP contribution is 2.13. The molecule has 0 atom stereocenters. The predicted octanol–water partition coefficient (Wildman–Crippen LogP) is 2.26. The van der Waals surface area contributed by atoms with Crippen molar-refractivity contribution in [1.82, 2.24) is 0 Å². The number of aliphatic hydroxyl groups excluding tert-OH is 1. The lowest BCUT2D eigenvalue weighted by Crippen LogP contribution is -1.81. The molecule has 2 nitrogen and oxygen atoms in total. The Morgan fingerprint density at radius 2 is 2.21 bits per heavy atom.